The van der Waals surface area contributed by atoms with Gasteiger partial charge in [-0.05, 0) is 18.2 Å². The number of halogens is 1. The lowest BCUT2D eigenvalue weighted by Gasteiger charge is -2.03. The molecule has 0 atom stereocenters. The Morgan fingerprint density at radius 2 is 2.11 bits per heavy atom. The van der Waals surface area contributed by atoms with Crippen molar-refractivity contribution in [2.24, 2.45) is 0 Å². The Bertz CT molecular complexity index is 604. The highest BCUT2D eigenvalue weighted by Gasteiger charge is 2.14. The third-order valence-electron chi connectivity index (χ3n) is 2.70. The lowest BCUT2D eigenvalue weighted by molar-refractivity contribution is -0.120. The molecule has 1 amide bonds. The van der Waals surface area contributed by atoms with Crippen molar-refractivity contribution in [3.63, 3.8) is 0 Å². The van der Waals surface area contributed by atoms with Crippen molar-refractivity contribution in [3.8, 4) is 0 Å². The quantitative estimate of drug-likeness (QED) is 0.838. The standard InChI is InChI=1S/C13H13FN2O2/c1-2-12(18)15-8-11(17)9-5-7-16-6-3-4-10(14)13(9)16/h3-7H,2,8H2,1H3,(H,15,18). The van der Waals surface area contributed by atoms with Crippen LogP contribution in [0.3, 0.4) is 0 Å². The number of hydrogen-bond acceptors (Lipinski definition) is 2. The normalized spacial score (nSPS) is 10.6. The second-order valence-electron chi connectivity index (χ2n) is 3.89. The third-order valence-corrected chi connectivity index (χ3v) is 2.70. The highest BCUT2D eigenvalue weighted by molar-refractivity contribution is 6.05. The summed E-state index contributed by atoms with van der Waals surface area (Å²) in [6.07, 6.45) is 3.60. The van der Waals surface area contributed by atoms with E-state index in [4.69, 9.17) is 0 Å². The zero-order valence-corrected chi connectivity index (χ0v) is 9.94. The fourth-order valence-corrected chi connectivity index (χ4v) is 1.75. The van der Waals surface area contributed by atoms with Crippen LogP contribution in [0.1, 0.15) is 23.7 Å². The molecule has 0 aliphatic rings. The van der Waals surface area contributed by atoms with Crippen molar-refractivity contribution in [2.75, 3.05) is 6.54 Å². The van der Waals surface area contributed by atoms with Crippen LogP contribution in [0.2, 0.25) is 0 Å². The first-order chi connectivity index (χ1) is 8.63. The lowest BCUT2D eigenvalue weighted by atomic mass is 10.1. The smallest absolute Gasteiger partial charge is 0.220 e. The summed E-state index contributed by atoms with van der Waals surface area (Å²) in [6, 6.07) is 4.42. The van der Waals surface area contributed by atoms with Crippen LogP contribution in [0.4, 0.5) is 4.39 Å². The minimum atomic E-state index is -0.451. The number of aromatic nitrogens is 1. The van der Waals surface area contributed by atoms with Gasteiger partial charge in [-0.3, -0.25) is 9.59 Å². The predicted octanol–water partition coefficient (Wildman–Crippen LogP) is 1.79. The molecule has 0 aromatic carbocycles. The predicted molar refractivity (Wildman–Crippen MR) is 65.0 cm³/mol. The van der Waals surface area contributed by atoms with Crippen LogP contribution in [0, 0.1) is 5.82 Å². The molecule has 0 radical (unpaired) electrons. The monoisotopic (exact) mass is 248 g/mol. The van der Waals surface area contributed by atoms with E-state index in [0.717, 1.165) is 0 Å². The number of pyridine rings is 1. The van der Waals surface area contributed by atoms with Gasteiger partial charge in [-0.15, -0.1) is 0 Å². The number of amides is 1. The third kappa shape index (κ3) is 2.25. The topological polar surface area (TPSA) is 50.6 Å². The van der Waals surface area contributed by atoms with Crippen LogP contribution >= 0.6 is 0 Å². The molecule has 0 spiro atoms. The number of fused-ring (bicyclic) bond motifs is 1. The highest BCUT2D eigenvalue weighted by atomic mass is 19.1. The van der Waals surface area contributed by atoms with Gasteiger partial charge < -0.3 is 9.72 Å². The Morgan fingerprint density at radius 1 is 1.33 bits per heavy atom. The second kappa shape index (κ2) is 5.00. The van der Waals surface area contributed by atoms with Crippen LogP contribution in [-0.2, 0) is 4.79 Å². The molecule has 2 heterocycles. The van der Waals surface area contributed by atoms with Gasteiger partial charge in [0.15, 0.2) is 5.78 Å². The molecule has 0 aliphatic carbocycles. The number of carbonyl (C=O) groups is 2. The Balaban J connectivity index is 2.26. The van der Waals surface area contributed by atoms with Crippen molar-refractivity contribution in [1.29, 1.82) is 0 Å². The zero-order chi connectivity index (χ0) is 13.1. The number of rotatable bonds is 4. The second-order valence-corrected chi connectivity index (χ2v) is 3.89. The maximum atomic E-state index is 13.6. The molecular weight excluding hydrogens is 235 g/mol. The number of ketones is 1. The Morgan fingerprint density at radius 3 is 2.83 bits per heavy atom. The molecule has 18 heavy (non-hydrogen) atoms. The van der Waals surface area contributed by atoms with E-state index in [9.17, 15) is 14.0 Å². The molecule has 2 rings (SSSR count). The molecule has 0 saturated carbocycles. The van der Waals surface area contributed by atoms with Gasteiger partial charge >= 0.3 is 0 Å². The van der Waals surface area contributed by atoms with E-state index in [0.29, 0.717) is 6.42 Å². The van der Waals surface area contributed by atoms with Crippen molar-refractivity contribution in [3.05, 3.63) is 42.0 Å². The summed E-state index contributed by atoms with van der Waals surface area (Å²) in [7, 11) is 0. The van der Waals surface area contributed by atoms with Crippen molar-refractivity contribution < 1.29 is 14.0 Å². The van der Waals surface area contributed by atoms with Gasteiger partial charge in [0.1, 0.15) is 5.82 Å². The van der Waals surface area contributed by atoms with Crippen LogP contribution in [0.15, 0.2) is 30.6 Å². The first-order valence-corrected chi connectivity index (χ1v) is 5.68. The minimum absolute atomic E-state index is 0.110. The van der Waals surface area contributed by atoms with Crippen LogP contribution in [0.5, 0.6) is 0 Å². The molecule has 4 nitrogen and oxygen atoms in total. The highest BCUT2D eigenvalue weighted by Crippen LogP contribution is 2.16. The number of carbonyl (C=O) groups excluding carboxylic acids is 2. The molecule has 2 aromatic rings. The van der Waals surface area contributed by atoms with E-state index in [1.54, 1.807) is 35.9 Å². The van der Waals surface area contributed by atoms with E-state index >= 15 is 0 Å². The largest absolute Gasteiger partial charge is 0.349 e. The summed E-state index contributed by atoms with van der Waals surface area (Å²) < 4.78 is 15.2. The summed E-state index contributed by atoms with van der Waals surface area (Å²) in [5.74, 6) is -0.954. The first kappa shape index (κ1) is 12.3. The molecule has 0 unspecified atom stereocenters. The average Bonchev–Trinajstić information content (AvgIpc) is 2.81. The molecule has 0 bridgehead atoms. The zero-order valence-electron chi connectivity index (χ0n) is 9.94. The van der Waals surface area contributed by atoms with Crippen molar-refractivity contribution in [2.45, 2.75) is 13.3 Å². The Labute approximate surface area is 103 Å². The van der Waals surface area contributed by atoms with Crippen LogP contribution in [-0.4, -0.2) is 22.6 Å². The number of hydrogen-bond donors (Lipinski definition) is 1. The van der Waals surface area contributed by atoms with E-state index in [1.807, 2.05) is 0 Å². The SMILES string of the molecule is CCC(=O)NCC(=O)c1ccn2cccc(F)c12. The summed E-state index contributed by atoms with van der Waals surface area (Å²) in [5.41, 5.74) is 0.526. The maximum absolute atomic E-state index is 13.6. The van der Waals surface area contributed by atoms with E-state index < -0.39 is 5.82 Å². The number of Topliss-reactive ketones (excluding diaryl/α,β-unsaturated/α-hetero) is 1. The Hall–Kier alpha value is -2.17. The molecule has 1 N–H and O–H groups in total. The van der Waals surface area contributed by atoms with Gasteiger partial charge in [-0.1, -0.05) is 6.92 Å². The van der Waals surface area contributed by atoms with Crippen LogP contribution in [0.25, 0.3) is 5.52 Å². The molecule has 0 aliphatic heterocycles. The lowest BCUT2D eigenvalue weighted by Crippen LogP contribution is -2.28. The maximum Gasteiger partial charge on any atom is 0.220 e. The summed E-state index contributed by atoms with van der Waals surface area (Å²) in [4.78, 5) is 23.0. The molecule has 0 fully saturated rings. The van der Waals surface area contributed by atoms with Gasteiger partial charge in [0, 0.05) is 24.4 Å². The van der Waals surface area contributed by atoms with E-state index in [1.165, 1.54) is 6.07 Å². The van der Waals surface area contributed by atoms with Gasteiger partial charge in [-0.2, -0.15) is 0 Å². The molecule has 94 valence electrons. The molecular formula is C13H13FN2O2. The first-order valence-electron chi connectivity index (χ1n) is 5.68. The van der Waals surface area contributed by atoms with Gasteiger partial charge in [0.05, 0.1) is 12.1 Å². The number of nitrogens with zero attached hydrogens (tertiary/aromatic N) is 1. The fourth-order valence-electron chi connectivity index (χ4n) is 1.75. The summed E-state index contributed by atoms with van der Waals surface area (Å²) >= 11 is 0. The fraction of sp³-hybridized carbons (Fsp3) is 0.231. The van der Waals surface area contributed by atoms with E-state index in [-0.39, 0.29) is 29.3 Å². The molecule has 2 aromatic heterocycles. The van der Waals surface area contributed by atoms with Crippen LogP contribution < -0.4 is 5.32 Å². The molecule has 5 heteroatoms. The minimum Gasteiger partial charge on any atom is -0.349 e. The molecule has 0 saturated heterocycles. The number of nitrogens with one attached hydrogen (secondary N) is 1. The van der Waals surface area contributed by atoms with E-state index in [2.05, 4.69) is 5.32 Å². The van der Waals surface area contributed by atoms with Crippen molar-refractivity contribution in [1.82, 2.24) is 9.72 Å². The van der Waals surface area contributed by atoms with Gasteiger partial charge in [-0.25, -0.2) is 4.39 Å². The van der Waals surface area contributed by atoms with Gasteiger partial charge in [0.2, 0.25) is 5.91 Å². The summed E-state index contributed by atoms with van der Waals surface area (Å²) in [5, 5.41) is 2.48. The Kier molecular flexibility index (Phi) is 3.41. The summed E-state index contributed by atoms with van der Waals surface area (Å²) in [6.45, 7) is 1.59. The van der Waals surface area contributed by atoms with Gasteiger partial charge in [0.25, 0.3) is 0 Å². The van der Waals surface area contributed by atoms with Crippen molar-refractivity contribution >= 4 is 17.2 Å². The average molecular weight is 248 g/mol.